The van der Waals surface area contributed by atoms with Crippen LogP contribution in [0.3, 0.4) is 0 Å². The molecule has 3 rings (SSSR count). The number of rotatable bonds is 3. The van der Waals surface area contributed by atoms with E-state index in [0.29, 0.717) is 12.1 Å². The van der Waals surface area contributed by atoms with Crippen LogP contribution >= 0.6 is 11.6 Å². The molecule has 6 heteroatoms. The van der Waals surface area contributed by atoms with Crippen molar-refractivity contribution in [1.29, 1.82) is 0 Å². The summed E-state index contributed by atoms with van der Waals surface area (Å²) in [6.07, 6.45) is 0. The maximum absolute atomic E-state index is 13.3. The number of aromatic nitrogens is 4. The Balaban J connectivity index is 2.15. The predicted octanol–water partition coefficient (Wildman–Crippen LogP) is 3.31. The monoisotopic (exact) mass is 306 g/mol. The largest absolute Gasteiger partial charge is 0.322 e. The van der Waals surface area contributed by atoms with Crippen molar-refractivity contribution in [2.45, 2.75) is 26.3 Å². The maximum atomic E-state index is 13.3. The van der Waals surface area contributed by atoms with Crippen molar-refractivity contribution < 1.29 is 4.39 Å². The molecule has 1 aromatic carbocycles. The zero-order chi connectivity index (χ0) is 15.1. The molecule has 0 saturated carbocycles. The van der Waals surface area contributed by atoms with Gasteiger partial charge in [0.25, 0.3) is 0 Å². The molecule has 0 bridgehead atoms. The van der Waals surface area contributed by atoms with Crippen LogP contribution in [0.5, 0.6) is 0 Å². The van der Waals surface area contributed by atoms with E-state index in [1.165, 1.54) is 12.1 Å². The maximum Gasteiger partial charge on any atom is 0.125 e. The molecule has 0 aliphatic heterocycles. The van der Waals surface area contributed by atoms with Crippen LogP contribution in [0.4, 0.5) is 4.39 Å². The van der Waals surface area contributed by atoms with Crippen LogP contribution < -0.4 is 0 Å². The minimum Gasteiger partial charge on any atom is -0.322 e. The van der Waals surface area contributed by atoms with E-state index >= 15 is 0 Å². The fourth-order valence-corrected chi connectivity index (χ4v) is 2.84. The van der Waals surface area contributed by atoms with Gasteiger partial charge in [0, 0.05) is 24.4 Å². The van der Waals surface area contributed by atoms with E-state index in [0.717, 1.165) is 28.3 Å². The van der Waals surface area contributed by atoms with Crippen LogP contribution in [-0.4, -0.2) is 19.3 Å². The first-order valence-corrected chi connectivity index (χ1v) is 7.24. The van der Waals surface area contributed by atoms with E-state index in [4.69, 9.17) is 11.6 Å². The van der Waals surface area contributed by atoms with Crippen LogP contribution in [0.25, 0.3) is 11.0 Å². The van der Waals surface area contributed by atoms with Crippen molar-refractivity contribution in [3.8, 4) is 0 Å². The number of hydrogen-bond donors (Lipinski definition) is 0. The topological polar surface area (TPSA) is 35.6 Å². The van der Waals surface area contributed by atoms with Gasteiger partial charge in [-0.2, -0.15) is 5.10 Å². The van der Waals surface area contributed by atoms with E-state index in [9.17, 15) is 4.39 Å². The normalized spacial score (nSPS) is 11.5. The van der Waals surface area contributed by atoms with Crippen molar-refractivity contribution in [2.75, 3.05) is 0 Å². The van der Waals surface area contributed by atoms with E-state index in [1.807, 2.05) is 30.1 Å². The number of imidazole rings is 1. The number of hydrogen-bond acceptors (Lipinski definition) is 2. The Kier molecular flexibility index (Phi) is 3.45. The summed E-state index contributed by atoms with van der Waals surface area (Å²) in [5.74, 6) is 0.733. The smallest absolute Gasteiger partial charge is 0.125 e. The van der Waals surface area contributed by atoms with Gasteiger partial charge in [-0.3, -0.25) is 4.68 Å². The lowest BCUT2D eigenvalue weighted by Crippen LogP contribution is -2.06. The van der Waals surface area contributed by atoms with E-state index < -0.39 is 0 Å². The van der Waals surface area contributed by atoms with Crippen molar-refractivity contribution in [2.24, 2.45) is 7.05 Å². The first-order valence-electron chi connectivity index (χ1n) is 6.71. The van der Waals surface area contributed by atoms with Gasteiger partial charge in [0.2, 0.25) is 0 Å². The Morgan fingerprint density at radius 3 is 2.67 bits per heavy atom. The molecule has 21 heavy (non-hydrogen) atoms. The summed E-state index contributed by atoms with van der Waals surface area (Å²) in [6.45, 7) is 4.66. The van der Waals surface area contributed by atoms with Crippen LogP contribution in [0.15, 0.2) is 18.2 Å². The summed E-state index contributed by atoms with van der Waals surface area (Å²) in [5, 5.41) is 4.43. The van der Waals surface area contributed by atoms with Crippen molar-refractivity contribution in [1.82, 2.24) is 19.3 Å². The average Bonchev–Trinajstić information content (AvgIpc) is 2.91. The van der Waals surface area contributed by atoms with E-state index in [-0.39, 0.29) is 11.7 Å². The van der Waals surface area contributed by atoms with Crippen molar-refractivity contribution in [3.05, 3.63) is 46.8 Å². The van der Waals surface area contributed by atoms with Gasteiger partial charge in [-0.05, 0) is 26.0 Å². The zero-order valence-electron chi connectivity index (χ0n) is 12.2. The van der Waals surface area contributed by atoms with Crippen LogP contribution in [0.1, 0.15) is 22.8 Å². The first-order chi connectivity index (χ1) is 10.0. The number of nitrogens with zero attached hydrogens (tertiary/aromatic N) is 4. The van der Waals surface area contributed by atoms with E-state index in [2.05, 4.69) is 10.1 Å². The quantitative estimate of drug-likeness (QED) is 0.696. The second-order valence-corrected chi connectivity index (χ2v) is 5.42. The zero-order valence-corrected chi connectivity index (χ0v) is 12.9. The highest BCUT2D eigenvalue weighted by Gasteiger charge is 2.15. The molecule has 0 unspecified atom stereocenters. The summed E-state index contributed by atoms with van der Waals surface area (Å²) < 4.78 is 17.2. The highest BCUT2D eigenvalue weighted by molar-refractivity contribution is 6.16. The Hall–Kier alpha value is -1.88. The van der Waals surface area contributed by atoms with Crippen LogP contribution in [-0.2, 0) is 19.5 Å². The van der Waals surface area contributed by atoms with Crippen molar-refractivity contribution in [3.63, 3.8) is 0 Å². The Morgan fingerprint density at radius 2 is 2.05 bits per heavy atom. The molecule has 0 radical (unpaired) electrons. The fraction of sp³-hybridized carbons (Fsp3) is 0.333. The Morgan fingerprint density at radius 1 is 1.29 bits per heavy atom. The van der Waals surface area contributed by atoms with E-state index in [1.54, 1.807) is 6.07 Å². The molecule has 0 amide bonds. The lowest BCUT2D eigenvalue weighted by Gasteiger charge is -2.08. The van der Waals surface area contributed by atoms with Gasteiger partial charge in [-0.1, -0.05) is 0 Å². The summed E-state index contributed by atoms with van der Waals surface area (Å²) in [5.41, 5.74) is 4.75. The summed E-state index contributed by atoms with van der Waals surface area (Å²) >= 11 is 6.00. The average molecular weight is 307 g/mol. The first kappa shape index (κ1) is 14.1. The molecule has 0 saturated heterocycles. The molecule has 0 fully saturated rings. The Bertz CT molecular complexity index is 819. The highest BCUT2D eigenvalue weighted by Crippen LogP contribution is 2.22. The molecule has 0 N–H and O–H groups in total. The van der Waals surface area contributed by atoms with Gasteiger partial charge in [0.05, 0.1) is 29.2 Å². The summed E-state index contributed by atoms with van der Waals surface area (Å²) in [6, 6.07) is 4.63. The van der Waals surface area contributed by atoms with Gasteiger partial charge in [0.1, 0.15) is 11.6 Å². The SMILES string of the molecule is Cc1nn(C)c(C)c1Cn1c(CCl)nc2cc(F)ccc21. The van der Waals surface area contributed by atoms with Crippen molar-refractivity contribution >= 4 is 22.6 Å². The molecule has 0 aliphatic rings. The minimum absolute atomic E-state index is 0.286. The molecular weight excluding hydrogens is 291 g/mol. The molecule has 0 spiro atoms. The third-order valence-corrected chi connectivity index (χ3v) is 4.12. The molecular formula is C15H16ClFN4. The summed E-state index contributed by atoms with van der Waals surface area (Å²) in [4.78, 5) is 4.42. The van der Waals surface area contributed by atoms with Crippen LogP contribution in [0.2, 0.25) is 0 Å². The number of alkyl halides is 1. The molecule has 2 aromatic heterocycles. The number of halogens is 2. The third-order valence-electron chi connectivity index (χ3n) is 3.88. The fourth-order valence-electron chi connectivity index (χ4n) is 2.64. The lowest BCUT2D eigenvalue weighted by molar-refractivity contribution is 0.629. The standard InChI is InChI=1S/C15H16ClFN4/c1-9-12(10(2)20(3)19-9)8-21-14-5-4-11(17)6-13(14)18-15(21)7-16/h4-6H,7-8H2,1-3H3. The summed E-state index contributed by atoms with van der Waals surface area (Å²) in [7, 11) is 1.93. The van der Waals surface area contributed by atoms with Crippen LogP contribution in [0, 0.1) is 19.7 Å². The Labute approximate surface area is 127 Å². The third kappa shape index (κ3) is 2.31. The minimum atomic E-state index is -0.290. The molecule has 110 valence electrons. The van der Waals surface area contributed by atoms with Gasteiger partial charge in [0.15, 0.2) is 0 Å². The molecule has 0 aliphatic carbocycles. The molecule has 2 heterocycles. The highest BCUT2D eigenvalue weighted by atomic mass is 35.5. The number of fused-ring (bicyclic) bond motifs is 1. The lowest BCUT2D eigenvalue weighted by atomic mass is 10.2. The second kappa shape index (κ2) is 5.15. The number of aryl methyl sites for hydroxylation is 2. The number of benzene rings is 1. The molecule has 4 nitrogen and oxygen atoms in total. The second-order valence-electron chi connectivity index (χ2n) is 5.15. The molecule has 0 atom stereocenters. The predicted molar refractivity (Wildman–Crippen MR) is 81.0 cm³/mol. The van der Waals surface area contributed by atoms with Gasteiger partial charge in [-0.25, -0.2) is 9.37 Å². The van der Waals surface area contributed by atoms with Gasteiger partial charge in [-0.15, -0.1) is 11.6 Å². The van der Waals surface area contributed by atoms with Gasteiger partial charge < -0.3 is 4.57 Å². The van der Waals surface area contributed by atoms with Gasteiger partial charge >= 0.3 is 0 Å². The molecule has 3 aromatic rings.